The van der Waals surface area contributed by atoms with Crippen LogP contribution in [0.3, 0.4) is 0 Å². The number of hydrogen-bond acceptors (Lipinski definition) is 3. The normalized spacial score (nSPS) is 21.8. The lowest BCUT2D eigenvalue weighted by Gasteiger charge is -2.31. The molecule has 1 aliphatic rings. The van der Waals surface area contributed by atoms with Crippen LogP contribution in [0.2, 0.25) is 0 Å². The molecule has 0 bridgehead atoms. The van der Waals surface area contributed by atoms with Crippen LogP contribution in [0, 0.1) is 12.3 Å². The van der Waals surface area contributed by atoms with Crippen LogP contribution in [0.1, 0.15) is 49.6 Å². The van der Waals surface area contributed by atoms with Crippen LogP contribution in [-0.2, 0) is 11.2 Å². The zero-order chi connectivity index (χ0) is 18.4. The summed E-state index contributed by atoms with van der Waals surface area (Å²) in [6, 6.07) is 15.6. The van der Waals surface area contributed by atoms with Gasteiger partial charge < -0.3 is 4.74 Å². The lowest BCUT2D eigenvalue weighted by atomic mass is 9.82. The Labute approximate surface area is 158 Å². The SMILES string of the molecule is CCOC[C@@]1(CCc2ccccc2)CCN(C(C)c2ccc(C)nc2)C1. The van der Waals surface area contributed by atoms with E-state index in [-0.39, 0.29) is 5.41 Å². The van der Waals surface area contributed by atoms with Crippen molar-refractivity contribution in [3.63, 3.8) is 0 Å². The summed E-state index contributed by atoms with van der Waals surface area (Å²) < 4.78 is 5.92. The minimum atomic E-state index is 0.262. The maximum Gasteiger partial charge on any atom is 0.0535 e. The van der Waals surface area contributed by atoms with Gasteiger partial charge in [0.2, 0.25) is 0 Å². The summed E-state index contributed by atoms with van der Waals surface area (Å²) in [4.78, 5) is 7.09. The number of nitrogens with zero attached hydrogens (tertiary/aromatic N) is 2. The lowest BCUT2D eigenvalue weighted by Crippen LogP contribution is -2.33. The van der Waals surface area contributed by atoms with Crippen molar-refractivity contribution < 1.29 is 4.74 Å². The van der Waals surface area contributed by atoms with E-state index in [0.717, 1.165) is 38.4 Å². The number of benzene rings is 1. The van der Waals surface area contributed by atoms with Gasteiger partial charge in [0.1, 0.15) is 0 Å². The van der Waals surface area contributed by atoms with Gasteiger partial charge in [-0.25, -0.2) is 0 Å². The van der Waals surface area contributed by atoms with E-state index in [2.05, 4.69) is 66.2 Å². The van der Waals surface area contributed by atoms with E-state index in [0.29, 0.717) is 6.04 Å². The Morgan fingerprint density at radius 2 is 2.00 bits per heavy atom. The topological polar surface area (TPSA) is 25.4 Å². The van der Waals surface area contributed by atoms with E-state index < -0.39 is 0 Å². The highest BCUT2D eigenvalue weighted by Gasteiger charge is 2.39. The molecule has 3 heteroatoms. The number of aryl methyl sites for hydroxylation is 2. The molecule has 1 aliphatic heterocycles. The summed E-state index contributed by atoms with van der Waals surface area (Å²) in [5, 5.41) is 0. The Balaban J connectivity index is 1.67. The maximum atomic E-state index is 5.92. The maximum absolute atomic E-state index is 5.92. The van der Waals surface area contributed by atoms with Gasteiger partial charge in [-0.15, -0.1) is 0 Å². The first-order chi connectivity index (χ1) is 12.6. The van der Waals surface area contributed by atoms with E-state index in [4.69, 9.17) is 4.74 Å². The van der Waals surface area contributed by atoms with Gasteiger partial charge in [0.25, 0.3) is 0 Å². The first-order valence-electron chi connectivity index (χ1n) is 9.90. The van der Waals surface area contributed by atoms with Crippen molar-refractivity contribution in [3.05, 3.63) is 65.5 Å². The molecular formula is C23H32N2O. The summed E-state index contributed by atoms with van der Waals surface area (Å²) in [6.07, 6.45) is 5.56. The number of hydrogen-bond donors (Lipinski definition) is 0. The molecule has 0 radical (unpaired) electrons. The van der Waals surface area contributed by atoms with Crippen LogP contribution < -0.4 is 0 Å². The Morgan fingerprint density at radius 3 is 2.69 bits per heavy atom. The van der Waals surface area contributed by atoms with Gasteiger partial charge in [-0.3, -0.25) is 9.88 Å². The van der Waals surface area contributed by atoms with E-state index in [1.54, 1.807) is 0 Å². The molecule has 1 saturated heterocycles. The van der Waals surface area contributed by atoms with Crippen molar-refractivity contribution in [3.8, 4) is 0 Å². The summed E-state index contributed by atoms with van der Waals surface area (Å²) in [7, 11) is 0. The predicted molar refractivity (Wildman–Crippen MR) is 107 cm³/mol. The van der Waals surface area contributed by atoms with Crippen molar-refractivity contribution in [1.29, 1.82) is 0 Å². The first-order valence-corrected chi connectivity index (χ1v) is 9.90. The van der Waals surface area contributed by atoms with Gasteiger partial charge in [0, 0.05) is 36.5 Å². The number of rotatable bonds is 8. The highest BCUT2D eigenvalue weighted by atomic mass is 16.5. The zero-order valence-electron chi connectivity index (χ0n) is 16.4. The molecule has 0 saturated carbocycles. The van der Waals surface area contributed by atoms with Gasteiger partial charge in [0.05, 0.1) is 6.61 Å². The first kappa shape index (κ1) is 19.1. The van der Waals surface area contributed by atoms with E-state index in [1.165, 1.54) is 24.0 Å². The molecule has 1 aromatic heterocycles. The third-order valence-electron chi connectivity index (χ3n) is 5.83. The second-order valence-corrected chi connectivity index (χ2v) is 7.75. The Kier molecular flexibility index (Phi) is 6.44. The van der Waals surface area contributed by atoms with Crippen LogP contribution >= 0.6 is 0 Å². The number of aromatic nitrogens is 1. The summed E-state index contributed by atoms with van der Waals surface area (Å²) in [5.41, 5.74) is 4.08. The quantitative estimate of drug-likeness (QED) is 0.681. The molecule has 1 aromatic carbocycles. The van der Waals surface area contributed by atoms with Crippen LogP contribution in [0.5, 0.6) is 0 Å². The average Bonchev–Trinajstić information content (AvgIpc) is 3.10. The van der Waals surface area contributed by atoms with Crippen LogP contribution in [0.15, 0.2) is 48.7 Å². The Hall–Kier alpha value is -1.71. The van der Waals surface area contributed by atoms with Gasteiger partial charge >= 0.3 is 0 Å². The zero-order valence-corrected chi connectivity index (χ0v) is 16.4. The number of ether oxygens (including phenoxy) is 1. The van der Waals surface area contributed by atoms with Crippen molar-refractivity contribution >= 4 is 0 Å². The van der Waals surface area contributed by atoms with E-state index in [1.807, 2.05) is 13.1 Å². The van der Waals surface area contributed by atoms with Crippen molar-refractivity contribution in [2.45, 2.75) is 46.1 Å². The van der Waals surface area contributed by atoms with E-state index in [9.17, 15) is 0 Å². The van der Waals surface area contributed by atoms with Crippen molar-refractivity contribution in [2.24, 2.45) is 5.41 Å². The number of pyridine rings is 1. The van der Waals surface area contributed by atoms with Gasteiger partial charge in [0.15, 0.2) is 0 Å². The highest BCUT2D eigenvalue weighted by molar-refractivity contribution is 5.18. The van der Waals surface area contributed by atoms with Crippen molar-refractivity contribution in [2.75, 3.05) is 26.3 Å². The smallest absolute Gasteiger partial charge is 0.0535 e. The minimum absolute atomic E-state index is 0.262. The second-order valence-electron chi connectivity index (χ2n) is 7.75. The van der Waals surface area contributed by atoms with Gasteiger partial charge in [-0.05, 0) is 63.8 Å². The fourth-order valence-electron chi connectivity index (χ4n) is 4.00. The molecular weight excluding hydrogens is 320 g/mol. The molecule has 1 fully saturated rings. The highest BCUT2D eigenvalue weighted by Crippen LogP contribution is 2.39. The third-order valence-corrected chi connectivity index (χ3v) is 5.83. The summed E-state index contributed by atoms with van der Waals surface area (Å²) in [5.74, 6) is 0. The Morgan fingerprint density at radius 1 is 1.19 bits per heavy atom. The van der Waals surface area contributed by atoms with E-state index >= 15 is 0 Å². The molecule has 2 atom stereocenters. The van der Waals surface area contributed by atoms with Crippen LogP contribution in [-0.4, -0.2) is 36.2 Å². The molecule has 26 heavy (non-hydrogen) atoms. The molecule has 0 spiro atoms. The van der Waals surface area contributed by atoms with Crippen LogP contribution in [0.4, 0.5) is 0 Å². The summed E-state index contributed by atoms with van der Waals surface area (Å²) >= 11 is 0. The monoisotopic (exact) mass is 352 g/mol. The standard InChI is InChI=1S/C23H32N2O/c1-4-26-18-23(13-12-21-8-6-5-7-9-21)14-15-25(17-23)20(3)22-11-10-19(2)24-16-22/h5-11,16,20H,4,12-15,17-18H2,1-3H3/t20?,23-/m0/s1. The molecule has 3 rings (SSSR count). The molecule has 1 unspecified atom stereocenters. The predicted octanol–water partition coefficient (Wildman–Crippen LogP) is 4.81. The molecule has 0 N–H and O–H groups in total. The second kappa shape index (κ2) is 8.79. The van der Waals surface area contributed by atoms with Gasteiger partial charge in [-0.1, -0.05) is 36.4 Å². The lowest BCUT2D eigenvalue weighted by molar-refractivity contribution is 0.0466. The molecule has 0 aliphatic carbocycles. The Bertz CT molecular complexity index is 670. The van der Waals surface area contributed by atoms with Gasteiger partial charge in [-0.2, -0.15) is 0 Å². The summed E-state index contributed by atoms with van der Waals surface area (Å²) in [6.45, 7) is 10.3. The molecule has 2 heterocycles. The average molecular weight is 353 g/mol. The third kappa shape index (κ3) is 4.72. The molecule has 3 nitrogen and oxygen atoms in total. The minimum Gasteiger partial charge on any atom is -0.381 e. The van der Waals surface area contributed by atoms with Crippen LogP contribution in [0.25, 0.3) is 0 Å². The molecule has 140 valence electrons. The fraction of sp³-hybridized carbons (Fsp3) is 0.522. The fourth-order valence-corrected chi connectivity index (χ4v) is 4.00. The number of likely N-dealkylation sites (tertiary alicyclic amines) is 1. The molecule has 2 aromatic rings. The largest absolute Gasteiger partial charge is 0.381 e. The molecule has 0 amide bonds. The van der Waals surface area contributed by atoms with Crippen molar-refractivity contribution in [1.82, 2.24) is 9.88 Å².